The fraction of sp³-hybridized carbons (Fsp3) is 0.474. The van der Waals surface area contributed by atoms with Crippen molar-refractivity contribution in [3.63, 3.8) is 0 Å². The predicted molar refractivity (Wildman–Crippen MR) is 106 cm³/mol. The summed E-state index contributed by atoms with van der Waals surface area (Å²) in [6.07, 6.45) is 0.188. The van der Waals surface area contributed by atoms with E-state index < -0.39 is 27.2 Å². The van der Waals surface area contributed by atoms with Crippen LogP contribution in [-0.4, -0.2) is 51.0 Å². The number of carboxylic acid groups (broad SMARTS) is 1. The van der Waals surface area contributed by atoms with E-state index in [1.165, 1.54) is 17.9 Å². The second-order valence-corrected chi connectivity index (χ2v) is 10.1. The van der Waals surface area contributed by atoms with Crippen LogP contribution in [0.3, 0.4) is 0 Å². The van der Waals surface area contributed by atoms with Crippen LogP contribution in [0.4, 0.5) is 4.79 Å². The molecular formula is C19H25N3O5S. The van der Waals surface area contributed by atoms with E-state index in [2.05, 4.69) is 5.10 Å². The van der Waals surface area contributed by atoms with Gasteiger partial charge in [-0.25, -0.2) is 18.3 Å². The maximum atomic E-state index is 12.3. The minimum atomic E-state index is -3.65. The van der Waals surface area contributed by atoms with Gasteiger partial charge in [-0.15, -0.1) is 0 Å². The van der Waals surface area contributed by atoms with E-state index in [0.717, 1.165) is 15.2 Å². The molecule has 0 saturated carbocycles. The van der Waals surface area contributed by atoms with Crippen LogP contribution in [0.5, 0.6) is 0 Å². The van der Waals surface area contributed by atoms with Gasteiger partial charge in [0.25, 0.3) is 15.6 Å². The minimum Gasteiger partial charge on any atom is -0.465 e. The molecule has 1 aliphatic carbocycles. The highest BCUT2D eigenvalue weighted by Gasteiger charge is 2.36. The first kappa shape index (κ1) is 20.2. The molecule has 0 radical (unpaired) electrons. The summed E-state index contributed by atoms with van der Waals surface area (Å²) in [6.45, 7) is 7.11. The molecule has 152 valence electrons. The number of aromatic amines is 1. The number of hydrogen-bond acceptors (Lipinski definition) is 4. The first-order valence-corrected chi connectivity index (χ1v) is 10.7. The van der Waals surface area contributed by atoms with Crippen molar-refractivity contribution < 1.29 is 18.3 Å². The Hall–Kier alpha value is -2.55. The molecule has 2 aromatic rings. The minimum absolute atomic E-state index is 0.142. The van der Waals surface area contributed by atoms with Gasteiger partial charge in [-0.1, -0.05) is 12.1 Å². The van der Waals surface area contributed by atoms with Crippen LogP contribution < -0.4 is 5.56 Å². The normalized spacial score (nSPS) is 16.8. The van der Waals surface area contributed by atoms with Gasteiger partial charge < -0.3 is 5.11 Å². The Morgan fingerprint density at radius 3 is 2.46 bits per heavy atom. The Morgan fingerprint density at radius 1 is 1.25 bits per heavy atom. The molecule has 1 aromatic carbocycles. The van der Waals surface area contributed by atoms with Crippen molar-refractivity contribution in [2.75, 3.05) is 5.75 Å². The van der Waals surface area contributed by atoms with Gasteiger partial charge in [-0.3, -0.25) is 9.69 Å². The van der Waals surface area contributed by atoms with E-state index in [4.69, 9.17) is 0 Å². The summed E-state index contributed by atoms with van der Waals surface area (Å²) in [6, 6.07) is 6.58. The van der Waals surface area contributed by atoms with Crippen molar-refractivity contribution in [2.24, 2.45) is 0 Å². The fourth-order valence-corrected chi connectivity index (χ4v) is 4.80. The van der Waals surface area contributed by atoms with Gasteiger partial charge in [0.2, 0.25) is 0 Å². The van der Waals surface area contributed by atoms with Crippen LogP contribution in [0.1, 0.15) is 38.8 Å². The van der Waals surface area contributed by atoms with E-state index in [1.54, 1.807) is 6.07 Å². The molecule has 0 aliphatic heterocycles. The molecule has 1 amide bonds. The molecule has 8 nitrogen and oxygen atoms in total. The number of benzene rings is 1. The molecule has 9 heteroatoms. The third kappa shape index (κ3) is 3.58. The van der Waals surface area contributed by atoms with Crippen molar-refractivity contribution in [1.29, 1.82) is 0 Å². The Kier molecular flexibility index (Phi) is 4.91. The number of aromatic nitrogens is 2. The molecule has 1 aromatic heterocycles. The lowest BCUT2D eigenvalue weighted by molar-refractivity contribution is 0.0731. The summed E-state index contributed by atoms with van der Waals surface area (Å²) < 4.78 is 25.5. The summed E-state index contributed by atoms with van der Waals surface area (Å²) >= 11 is 0. The fourth-order valence-electron chi connectivity index (χ4n) is 3.85. The van der Waals surface area contributed by atoms with Gasteiger partial charge in [0.15, 0.2) is 0 Å². The zero-order chi connectivity index (χ0) is 20.9. The second-order valence-electron chi connectivity index (χ2n) is 8.04. The van der Waals surface area contributed by atoms with E-state index >= 15 is 0 Å². The summed E-state index contributed by atoms with van der Waals surface area (Å²) in [4.78, 5) is 25.0. The van der Waals surface area contributed by atoms with Gasteiger partial charge in [-0.2, -0.15) is 4.09 Å². The van der Waals surface area contributed by atoms with Gasteiger partial charge >= 0.3 is 6.09 Å². The van der Waals surface area contributed by atoms with E-state index in [1.807, 2.05) is 32.9 Å². The highest BCUT2D eigenvalue weighted by atomic mass is 32.2. The Balaban J connectivity index is 2.00. The van der Waals surface area contributed by atoms with Crippen LogP contribution in [0, 0.1) is 0 Å². The summed E-state index contributed by atoms with van der Waals surface area (Å²) in [5.41, 5.74) is 1.86. The summed E-state index contributed by atoms with van der Waals surface area (Å²) in [7, 11) is -3.65. The largest absolute Gasteiger partial charge is 0.465 e. The molecule has 1 atom stereocenters. The number of nitrogens with zero attached hydrogens (tertiary/aromatic N) is 2. The lowest BCUT2D eigenvalue weighted by Crippen LogP contribution is -2.51. The van der Waals surface area contributed by atoms with Gasteiger partial charge in [0.1, 0.15) is 0 Å². The predicted octanol–water partition coefficient (Wildman–Crippen LogP) is 2.29. The van der Waals surface area contributed by atoms with Crippen molar-refractivity contribution in [2.45, 2.75) is 52.1 Å². The van der Waals surface area contributed by atoms with Crippen LogP contribution in [0.25, 0.3) is 11.3 Å². The van der Waals surface area contributed by atoms with E-state index in [-0.39, 0.29) is 17.5 Å². The first-order valence-electron chi connectivity index (χ1n) is 9.14. The van der Waals surface area contributed by atoms with Crippen molar-refractivity contribution >= 4 is 16.1 Å². The maximum Gasteiger partial charge on any atom is 0.408 e. The lowest BCUT2D eigenvalue weighted by Gasteiger charge is -2.38. The zero-order valence-electron chi connectivity index (χ0n) is 16.4. The van der Waals surface area contributed by atoms with Gasteiger partial charge in [-0.05, 0) is 57.7 Å². The smallest absolute Gasteiger partial charge is 0.408 e. The number of H-pyrrole nitrogens is 1. The standard InChI is InChI=1S/C19H25N3O5S/c1-5-28(26,27)22-16(11-17(23)20-22)13-7-6-12-9-15(10-14(12)8-13)21(18(24)25)19(2,3)4/h6-8,11,15H,5,9-10H2,1-4H3,(H,20,23)(H,24,25). The maximum absolute atomic E-state index is 12.3. The Bertz CT molecular complexity index is 1080. The molecular weight excluding hydrogens is 382 g/mol. The third-order valence-electron chi connectivity index (χ3n) is 5.05. The van der Waals surface area contributed by atoms with Gasteiger partial charge in [0, 0.05) is 23.2 Å². The third-order valence-corrected chi connectivity index (χ3v) is 6.62. The topological polar surface area (TPSA) is 112 Å². The monoisotopic (exact) mass is 407 g/mol. The number of hydrogen-bond donors (Lipinski definition) is 2. The highest BCUT2D eigenvalue weighted by molar-refractivity contribution is 7.89. The molecule has 0 spiro atoms. The number of fused-ring (bicyclic) bond motifs is 1. The molecule has 3 rings (SSSR count). The average Bonchev–Trinajstić information content (AvgIpc) is 3.15. The number of carbonyl (C=O) groups is 1. The molecule has 0 saturated heterocycles. The highest BCUT2D eigenvalue weighted by Crippen LogP contribution is 2.33. The first-order chi connectivity index (χ1) is 12.9. The number of rotatable bonds is 4. The summed E-state index contributed by atoms with van der Waals surface area (Å²) in [5.74, 6) is -0.142. The van der Waals surface area contributed by atoms with Crippen LogP contribution in [0.15, 0.2) is 29.1 Å². The Labute approximate surface area is 163 Å². The quantitative estimate of drug-likeness (QED) is 0.807. The number of nitrogens with one attached hydrogen (secondary N) is 1. The molecule has 2 N–H and O–H groups in total. The molecule has 1 aliphatic rings. The molecule has 1 unspecified atom stereocenters. The van der Waals surface area contributed by atoms with Crippen LogP contribution in [-0.2, 0) is 22.9 Å². The van der Waals surface area contributed by atoms with Crippen molar-refractivity contribution in [3.8, 4) is 11.3 Å². The van der Waals surface area contributed by atoms with Crippen molar-refractivity contribution in [3.05, 3.63) is 45.7 Å². The van der Waals surface area contributed by atoms with Crippen LogP contribution in [0.2, 0.25) is 0 Å². The molecule has 0 bridgehead atoms. The van der Waals surface area contributed by atoms with Crippen LogP contribution >= 0.6 is 0 Å². The average molecular weight is 407 g/mol. The second kappa shape index (κ2) is 6.80. The van der Waals surface area contributed by atoms with E-state index in [9.17, 15) is 23.1 Å². The molecule has 28 heavy (non-hydrogen) atoms. The SMILES string of the molecule is CCS(=O)(=O)n1[nH]c(=O)cc1-c1ccc2c(c1)CC(N(C(=O)O)C(C)(C)C)C2. The zero-order valence-corrected chi connectivity index (χ0v) is 17.2. The Morgan fingerprint density at radius 2 is 1.89 bits per heavy atom. The molecule has 0 fully saturated rings. The van der Waals surface area contributed by atoms with E-state index in [0.29, 0.717) is 18.4 Å². The van der Waals surface area contributed by atoms with Gasteiger partial charge in [0.05, 0.1) is 11.4 Å². The summed E-state index contributed by atoms with van der Waals surface area (Å²) in [5, 5.41) is 12.0. The van der Waals surface area contributed by atoms with Crippen molar-refractivity contribution in [1.82, 2.24) is 14.1 Å². The lowest BCUT2D eigenvalue weighted by atomic mass is 10.0. The molecule has 1 heterocycles. The number of amides is 1.